The van der Waals surface area contributed by atoms with Crippen LogP contribution in [-0.4, -0.2) is 61.0 Å². The third-order valence-corrected chi connectivity index (χ3v) is 6.02. The van der Waals surface area contributed by atoms with Gasteiger partial charge in [0.25, 0.3) is 5.91 Å². The van der Waals surface area contributed by atoms with Crippen LogP contribution in [0.3, 0.4) is 0 Å². The maximum absolute atomic E-state index is 12.5. The zero-order valence-corrected chi connectivity index (χ0v) is 16.2. The van der Waals surface area contributed by atoms with Crippen LogP contribution in [0.2, 0.25) is 5.02 Å². The van der Waals surface area contributed by atoms with Crippen molar-refractivity contribution in [2.24, 2.45) is 5.92 Å². The normalized spacial score (nSPS) is 18.7. The molecule has 0 radical (unpaired) electrons. The monoisotopic (exact) mass is 403 g/mol. The Labute approximate surface area is 157 Å². The molecule has 26 heavy (non-hydrogen) atoms. The molecule has 1 saturated heterocycles. The average molecular weight is 404 g/mol. The van der Waals surface area contributed by atoms with Crippen LogP contribution in [0, 0.1) is 5.92 Å². The molecule has 1 atom stereocenters. The zero-order chi connectivity index (χ0) is 19.5. The van der Waals surface area contributed by atoms with Gasteiger partial charge in [0.15, 0.2) is 16.4 Å². The lowest BCUT2D eigenvalue weighted by Crippen LogP contribution is -2.45. The molecule has 1 heterocycles. The number of rotatable bonds is 6. The summed E-state index contributed by atoms with van der Waals surface area (Å²) in [5.41, 5.74) is -0.135. The zero-order valence-electron chi connectivity index (χ0n) is 14.6. The van der Waals surface area contributed by atoms with Gasteiger partial charge < -0.3 is 14.7 Å². The number of hydrogen-bond donors (Lipinski definition) is 1. The number of hydrogen-bond acceptors (Lipinski definition) is 6. The van der Waals surface area contributed by atoms with Crippen LogP contribution >= 0.6 is 11.6 Å². The van der Waals surface area contributed by atoms with Gasteiger partial charge in [-0.15, -0.1) is 0 Å². The van der Waals surface area contributed by atoms with E-state index in [-0.39, 0.29) is 33.8 Å². The molecule has 0 spiro atoms. The van der Waals surface area contributed by atoms with Crippen molar-refractivity contribution in [1.29, 1.82) is 0 Å². The van der Waals surface area contributed by atoms with Gasteiger partial charge in [-0.3, -0.25) is 4.79 Å². The third-order valence-electron chi connectivity index (χ3n) is 4.04. The molecule has 1 N–H and O–H groups in total. The summed E-state index contributed by atoms with van der Waals surface area (Å²) in [7, 11) is -3.14. The molecule has 144 valence electrons. The molecule has 0 bridgehead atoms. The van der Waals surface area contributed by atoms with Crippen LogP contribution in [0.25, 0.3) is 0 Å². The van der Waals surface area contributed by atoms with Crippen molar-refractivity contribution < 1.29 is 27.9 Å². The second-order valence-corrected chi connectivity index (χ2v) is 9.40. The van der Waals surface area contributed by atoms with Crippen molar-refractivity contribution in [1.82, 2.24) is 4.90 Å². The van der Waals surface area contributed by atoms with Gasteiger partial charge in [0.1, 0.15) is 11.3 Å². The minimum Gasteiger partial charge on any atom is -0.507 e. The minimum atomic E-state index is -3.14. The number of benzene rings is 1. The van der Waals surface area contributed by atoms with Crippen molar-refractivity contribution in [2.75, 3.05) is 24.7 Å². The minimum absolute atomic E-state index is 0.0513. The summed E-state index contributed by atoms with van der Waals surface area (Å²) in [5.74, 6) is -1.52. The number of carbonyl (C=O) groups is 2. The van der Waals surface area contributed by atoms with Crippen LogP contribution in [-0.2, 0) is 19.4 Å². The lowest BCUT2D eigenvalue weighted by atomic mass is 10.1. The Bertz CT molecular complexity index is 792. The predicted molar refractivity (Wildman–Crippen MR) is 97.0 cm³/mol. The summed E-state index contributed by atoms with van der Waals surface area (Å²) in [6.45, 7) is 3.67. The molecule has 1 aromatic carbocycles. The van der Waals surface area contributed by atoms with Crippen LogP contribution < -0.4 is 0 Å². The number of esters is 1. The second kappa shape index (κ2) is 8.26. The number of aromatic hydroxyl groups is 1. The number of halogens is 1. The van der Waals surface area contributed by atoms with Crippen LogP contribution in [0.1, 0.15) is 30.6 Å². The first-order valence-corrected chi connectivity index (χ1v) is 10.4. The molecule has 1 amide bonds. The van der Waals surface area contributed by atoms with E-state index in [4.69, 9.17) is 16.3 Å². The maximum Gasteiger partial charge on any atom is 0.342 e. The second-order valence-electron chi connectivity index (χ2n) is 6.73. The SMILES string of the molecule is CC(C)CN(C(=O)COC(=O)c1cc(Cl)ccc1O)[C@H]1CCS(=O)(=O)C1. The highest BCUT2D eigenvalue weighted by atomic mass is 35.5. The fourth-order valence-electron chi connectivity index (χ4n) is 2.83. The molecule has 0 unspecified atom stereocenters. The molecule has 1 aliphatic heterocycles. The fraction of sp³-hybridized carbons (Fsp3) is 0.529. The van der Waals surface area contributed by atoms with Gasteiger partial charge in [0, 0.05) is 17.6 Å². The van der Waals surface area contributed by atoms with E-state index in [1.165, 1.54) is 23.1 Å². The highest BCUT2D eigenvalue weighted by Gasteiger charge is 2.35. The molecule has 9 heteroatoms. The van der Waals surface area contributed by atoms with E-state index in [1.54, 1.807) is 0 Å². The summed E-state index contributed by atoms with van der Waals surface area (Å²) >= 11 is 5.79. The first kappa shape index (κ1) is 20.5. The van der Waals surface area contributed by atoms with Gasteiger partial charge in [0.2, 0.25) is 0 Å². The molecule has 1 fully saturated rings. The smallest absolute Gasteiger partial charge is 0.342 e. The number of ether oxygens (including phenoxy) is 1. The molecule has 0 saturated carbocycles. The Morgan fingerprint density at radius 3 is 2.65 bits per heavy atom. The largest absolute Gasteiger partial charge is 0.507 e. The number of phenolic OH excluding ortho intramolecular Hbond substituents is 1. The summed E-state index contributed by atoms with van der Waals surface area (Å²) in [5, 5.41) is 9.96. The first-order valence-electron chi connectivity index (χ1n) is 8.24. The van der Waals surface area contributed by atoms with Gasteiger partial charge in [-0.2, -0.15) is 0 Å². The van der Waals surface area contributed by atoms with E-state index >= 15 is 0 Å². The summed E-state index contributed by atoms with van der Waals surface area (Å²) in [6, 6.07) is 3.52. The van der Waals surface area contributed by atoms with E-state index < -0.39 is 34.4 Å². The van der Waals surface area contributed by atoms with Crippen molar-refractivity contribution >= 4 is 33.3 Å². The van der Waals surface area contributed by atoms with Gasteiger partial charge in [0.05, 0.1) is 11.5 Å². The lowest BCUT2D eigenvalue weighted by molar-refractivity contribution is -0.137. The summed E-state index contributed by atoms with van der Waals surface area (Å²) in [4.78, 5) is 26.1. The van der Waals surface area contributed by atoms with Crippen LogP contribution in [0.4, 0.5) is 0 Å². The highest BCUT2D eigenvalue weighted by molar-refractivity contribution is 7.91. The van der Waals surface area contributed by atoms with Crippen LogP contribution in [0.15, 0.2) is 18.2 Å². The van der Waals surface area contributed by atoms with E-state index in [1.807, 2.05) is 13.8 Å². The Kier molecular flexibility index (Phi) is 6.52. The topological polar surface area (TPSA) is 101 Å². The van der Waals surface area contributed by atoms with Gasteiger partial charge >= 0.3 is 5.97 Å². The average Bonchev–Trinajstić information content (AvgIpc) is 2.91. The molecule has 7 nitrogen and oxygen atoms in total. The first-order chi connectivity index (χ1) is 12.1. The Hall–Kier alpha value is -1.80. The molecule has 2 rings (SSSR count). The number of carbonyl (C=O) groups excluding carboxylic acids is 2. The Morgan fingerprint density at radius 2 is 2.08 bits per heavy atom. The molecule has 0 aromatic heterocycles. The van der Waals surface area contributed by atoms with Gasteiger partial charge in [-0.05, 0) is 30.5 Å². The van der Waals surface area contributed by atoms with Crippen molar-refractivity contribution in [3.8, 4) is 5.75 Å². The summed E-state index contributed by atoms with van der Waals surface area (Å²) in [6.07, 6.45) is 0.379. The Balaban J connectivity index is 2.05. The standard InChI is InChI=1S/C17H22ClNO6S/c1-11(2)8-19(13-5-6-26(23,24)10-13)16(21)9-25-17(22)14-7-12(18)3-4-15(14)20/h3-4,7,11,13,20H,5-6,8-10H2,1-2H3/t13-/m0/s1. The highest BCUT2D eigenvalue weighted by Crippen LogP contribution is 2.23. The Morgan fingerprint density at radius 1 is 1.38 bits per heavy atom. The number of nitrogens with zero attached hydrogens (tertiary/aromatic N) is 1. The summed E-state index contributed by atoms with van der Waals surface area (Å²) < 4.78 is 28.4. The van der Waals surface area contributed by atoms with Crippen molar-refractivity contribution in [2.45, 2.75) is 26.3 Å². The van der Waals surface area contributed by atoms with Crippen molar-refractivity contribution in [3.63, 3.8) is 0 Å². The van der Waals surface area contributed by atoms with E-state index in [9.17, 15) is 23.1 Å². The van der Waals surface area contributed by atoms with E-state index in [0.29, 0.717) is 13.0 Å². The van der Waals surface area contributed by atoms with E-state index in [2.05, 4.69) is 0 Å². The third kappa shape index (κ3) is 5.35. The number of sulfone groups is 1. The van der Waals surface area contributed by atoms with Crippen LogP contribution in [0.5, 0.6) is 5.75 Å². The molecular weight excluding hydrogens is 382 g/mol. The molecule has 1 aliphatic rings. The van der Waals surface area contributed by atoms with Crippen molar-refractivity contribution in [3.05, 3.63) is 28.8 Å². The quantitative estimate of drug-likeness (QED) is 0.727. The number of amides is 1. The van der Waals surface area contributed by atoms with Gasteiger partial charge in [-0.25, -0.2) is 13.2 Å². The molecule has 1 aromatic rings. The van der Waals surface area contributed by atoms with Gasteiger partial charge in [-0.1, -0.05) is 25.4 Å². The molecular formula is C17H22ClNO6S. The molecule has 0 aliphatic carbocycles. The maximum atomic E-state index is 12.5. The predicted octanol–water partition coefficient (Wildman–Crippen LogP) is 1.87. The number of phenols is 1. The van der Waals surface area contributed by atoms with E-state index in [0.717, 1.165) is 0 Å². The lowest BCUT2D eigenvalue weighted by Gasteiger charge is -2.29. The fourth-order valence-corrected chi connectivity index (χ4v) is 4.73.